The maximum Gasteiger partial charge on any atom is 0.237 e. The molecule has 1 rings (SSSR count). The summed E-state index contributed by atoms with van der Waals surface area (Å²) < 4.78 is 0. The topological polar surface area (TPSA) is 59.4 Å². The van der Waals surface area contributed by atoms with Crippen LogP contribution < -0.4 is 5.32 Å². The highest BCUT2D eigenvalue weighted by atomic mass is 16.2. The molecular weight excluding hydrogens is 228 g/mol. The van der Waals surface area contributed by atoms with E-state index in [9.17, 15) is 4.79 Å². The lowest BCUT2D eigenvalue weighted by atomic mass is 10.2. The zero-order chi connectivity index (χ0) is 13.4. The van der Waals surface area contributed by atoms with Crippen molar-refractivity contribution in [3.05, 3.63) is 0 Å². The largest absolute Gasteiger partial charge is 0.355 e. The predicted octanol–water partition coefficient (Wildman–Crippen LogP) is 0.432. The second-order valence-corrected chi connectivity index (χ2v) is 4.79. The Morgan fingerprint density at radius 1 is 1.39 bits per heavy atom. The molecule has 1 aliphatic rings. The Morgan fingerprint density at radius 3 is 2.61 bits per heavy atom. The SMILES string of the molecule is CCCCNC(=O)C(C)N1CCN(CC#N)CC1. The summed E-state index contributed by atoms with van der Waals surface area (Å²) in [6.45, 7) is 8.82. The van der Waals surface area contributed by atoms with Crippen molar-refractivity contribution in [1.82, 2.24) is 15.1 Å². The lowest BCUT2D eigenvalue weighted by Gasteiger charge is -2.36. The van der Waals surface area contributed by atoms with Crippen LogP contribution in [-0.4, -0.2) is 61.0 Å². The number of carbonyl (C=O) groups excluding carboxylic acids is 1. The van der Waals surface area contributed by atoms with Gasteiger partial charge >= 0.3 is 0 Å². The number of nitriles is 1. The molecule has 0 aromatic carbocycles. The van der Waals surface area contributed by atoms with E-state index in [2.05, 4.69) is 28.1 Å². The highest BCUT2D eigenvalue weighted by Crippen LogP contribution is 2.06. The molecule has 1 saturated heterocycles. The van der Waals surface area contributed by atoms with E-state index >= 15 is 0 Å². The van der Waals surface area contributed by atoms with Gasteiger partial charge in [0.25, 0.3) is 0 Å². The summed E-state index contributed by atoms with van der Waals surface area (Å²) >= 11 is 0. The van der Waals surface area contributed by atoms with E-state index in [1.807, 2.05) is 6.92 Å². The van der Waals surface area contributed by atoms with E-state index < -0.39 is 0 Å². The molecule has 5 heteroatoms. The number of amides is 1. The first-order chi connectivity index (χ1) is 8.69. The second-order valence-electron chi connectivity index (χ2n) is 4.79. The van der Waals surface area contributed by atoms with Crippen molar-refractivity contribution in [3.63, 3.8) is 0 Å². The molecule has 0 bridgehead atoms. The molecule has 5 nitrogen and oxygen atoms in total. The molecule has 0 aliphatic carbocycles. The minimum atomic E-state index is -0.0638. The Hall–Kier alpha value is -1.12. The van der Waals surface area contributed by atoms with Gasteiger partial charge in [0.05, 0.1) is 18.7 Å². The Kier molecular flexibility index (Phi) is 6.69. The first kappa shape index (κ1) is 14.9. The molecule has 0 radical (unpaired) electrons. The van der Waals surface area contributed by atoms with E-state index in [-0.39, 0.29) is 11.9 Å². The Morgan fingerprint density at radius 2 is 2.06 bits per heavy atom. The summed E-state index contributed by atoms with van der Waals surface area (Å²) in [5.41, 5.74) is 0. The van der Waals surface area contributed by atoms with Gasteiger partial charge in [0.2, 0.25) is 5.91 Å². The molecule has 18 heavy (non-hydrogen) atoms. The summed E-state index contributed by atoms with van der Waals surface area (Å²) in [5, 5.41) is 11.6. The van der Waals surface area contributed by atoms with Gasteiger partial charge in [-0.05, 0) is 13.3 Å². The van der Waals surface area contributed by atoms with Crippen LogP contribution >= 0.6 is 0 Å². The Labute approximate surface area is 110 Å². The van der Waals surface area contributed by atoms with Gasteiger partial charge in [0, 0.05) is 32.7 Å². The fourth-order valence-electron chi connectivity index (χ4n) is 2.11. The third kappa shape index (κ3) is 4.63. The highest BCUT2D eigenvalue weighted by molar-refractivity contribution is 5.81. The van der Waals surface area contributed by atoms with Crippen molar-refractivity contribution >= 4 is 5.91 Å². The molecule has 1 heterocycles. The molecule has 1 fully saturated rings. The molecule has 0 aromatic heterocycles. The number of hydrogen-bond acceptors (Lipinski definition) is 4. The number of nitrogens with one attached hydrogen (secondary N) is 1. The quantitative estimate of drug-likeness (QED) is 0.550. The fourth-order valence-corrected chi connectivity index (χ4v) is 2.11. The van der Waals surface area contributed by atoms with Crippen LogP contribution in [0, 0.1) is 11.3 Å². The van der Waals surface area contributed by atoms with Gasteiger partial charge < -0.3 is 5.32 Å². The van der Waals surface area contributed by atoms with Gasteiger partial charge in [0.15, 0.2) is 0 Å². The maximum atomic E-state index is 11.9. The zero-order valence-electron chi connectivity index (χ0n) is 11.5. The normalized spacial score (nSPS) is 19.2. The van der Waals surface area contributed by atoms with Crippen molar-refractivity contribution in [3.8, 4) is 6.07 Å². The van der Waals surface area contributed by atoms with Gasteiger partial charge in [-0.1, -0.05) is 13.3 Å². The molecule has 1 atom stereocenters. The summed E-state index contributed by atoms with van der Waals surface area (Å²) in [5.74, 6) is 0.122. The standard InChI is InChI=1S/C13H24N4O/c1-3-4-6-15-13(18)12(2)17-10-8-16(7-5-14)9-11-17/h12H,3-4,6-11H2,1-2H3,(H,15,18). The molecule has 0 aromatic rings. The van der Waals surface area contributed by atoms with E-state index in [0.717, 1.165) is 45.6 Å². The zero-order valence-corrected chi connectivity index (χ0v) is 11.5. The van der Waals surface area contributed by atoms with Crippen LogP contribution in [0.25, 0.3) is 0 Å². The smallest absolute Gasteiger partial charge is 0.237 e. The average Bonchev–Trinajstić information content (AvgIpc) is 2.39. The number of piperazine rings is 1. The van der Waals surface area contributed by atoms with Crippen molar-refractivity contribution in [2.75, 3.05) is 39.3 Å². The van der Waals surface area contributed by atoms with E-state index in [4.69, 9.17) is 5.26 Å². The van der Waals surface area contributed by atoms with Crippen LogP contribution in [0.4, 0.5) is 0 Å². The molecule has 1 N–H and O–H groups in total. The van der Waals surface area contributed by atoms with Gasteiger partial charge in [-0.25, -0.2) is 0 Å². The van der Waals surface area contributed by atoms with Gasteiger partial charge in [-0.15, -0.1) is 0 Å². The molecule has 1 amide bonds. The van der Waals surface area contributed by atoms with Crippen LogP contribution in [0.1, 0.15) is 26.7 Å². The molecular formula is C13H24N4O. The van der Waals surface area contributed by atoms with Gasteiger partial charge in [-0.2, -0.15) is 5.26 Å². The van der Waals surface area contributed by atoms with E-state index in [1.54, 1.807) is 0 Å². The van der Waals surface area contributed by atoms with Crippen molar-refractivity contribution < 1.29 is 4.79 Å². The first-order valence-electron chi connectivity index (χ1n) is 6.80. The van der Waals surface area contributed by atoms with Crippen LogP contribution in [-0.2, 0) is 4.79 Å². The first-order valence-corrected chi connectivity index (χ1v) is 6.80. The monoisotopic (exact) mass is 252 g/mol. The van der Waals surface area contributed by atoms with Gasteiger partial charge in [-0.3, -0.25) is 14.6 Å². The third-order valence-electron chi connectivity index (χ3n) is 3.46. The van der Waals surface area contributed by atoms with Crippen LogP contribution in [0.15, 0.2) is 0 Å². The molecule has 0 saturated carbocycles. The number of hydrogen-bond donors (Lipinski definition) is 1. The lowest BCUT2D eigenvalue weighted by Crippen LogP contribution is -2.53. The van der Waals surface area contributed by atoms with Crippen LogP contribution in [0.2, 0.25) is 0 Å². The van der Waals surface area contributed by atoms with E-state index in [0.29, 0.717) is 6.54 Å². The molecule has 1 unspecified atom stereocenters. The molecule has 1 aliphatic heterocycles. The summed E-state index contributed by atoms with van der Waals surface area (Å²) in [4.78, 5) is 16.2. The maximum absolute atomic E-state index is 11.9. The van der Waals surface area contributed by atoms with Crippen LogP contribution in [0.3, 0.4) is 0 Å². The number of unbranched alkanes of at least 4 members (excludes halogenated alkanes) is 1. The van der Waals surface area contributed by atoms with E-state index in [1.165, 1.54) is 0 Å². The van der Waals surface area contributed by atoms with Gasteiger partial charge in [0.1, 0.15) is 0 Å². The minimum absolute atomic E-state index is 0.0638. The number of carbonyl (C=O) groups is 1. The van der Waals surface area contributed by atoms with Crippen molar-refractivity contribution in [1.29, 1.82) is 5.26 Å². The Bertz CT molecular complexity index is 292. The summed E-state index contributed by atoms with van der Waals surface area (Å²) in [6, 6.07) is 2.10. The fraction of sp³-hybridized carbons (Fsp3) is 0.846. The molecule has 102 valence electrons. The minimum Gasteiger partial charge on any atom is -0.355 e. The van der Waals surface area contributed by atoms with Crippen molar-refractivity contribution in [2.24, 2.45) is 0 Å². The Balaban J connectivity index is 2.28. The van der Waals surface area contributed by atoms with Crippen molar-refractivity contribution in [2.45, 2.75) is 32.7 Å². The third-order valence-corrected chi connectivity index (χ3v) is 3.46. The molecule has 0 spiro atoms. The summed E-state index contributed by atoms with van der Waals surface area (Å²) in [7, 11) is 0. The number of rotatable bonds is 6. The van der Waals surface area contributed by atoms with Crippen LogP contribution in [0.5, 0.6) is 0 Å². The number of nitrogens with zero attached hydrogens (tertiary/aromatic N) is 3. The average molecular weight is 252 g/mol. The predicted molar refractivity (Wildman–Crippen MR) is 71.0 cm³/mol. The second kappa shape index (κ2) is 8.06. The summed E-state index contributed by atoms with van der Waals surface area (Å²) in [6.07, 6.45) is 2.13. The highest BCUT2D eigenvalue weighted by Gasteiger charge is 2.24. The lowest BCUT2D eigenvalue weighted by molar-refractivity contribution is -0.126.